The van der Waals surface area contributed by atoms with Crippen molar-refractivity contribution in [2.24, 2.45) is 5.10 Å². The molecule has 2 aromatic carbocycles. The average Bonchev–Trinajstić information content (AvgIpc) is 3.02. The van der Waals surface area contributed by atoms with Crippen molar-refractivity contribution in [3.63, 3.8) is 0 Å². The fraction of sp³-hybridized carbons (Fsp3) is 0.143. The van der Waals surface area contributed by atoms with E-state index in [-0.39, 0.29) is 29.4 Å². The zero-order valence-electron chi connectivity index (χ0n) is 17.1. The number of nitrogens with zero attached hydrogens (tertiary/aromatic N) is 4. The quantitative estimate of drug-likeness (QED) is 0.174. The first-order valence-electron chi connectivity index (χ1n) is 9.34. The number of benzene rings is 2. The summed E-state index contributed by atoms with van der Waals surface area (Å²) >= 11 is 3.31. The lowest BCUT2D eigenvalue weighted by atomic mass is 10.2. The molecule has 0 bridgehead atoms. The van der Waals surface area contributed by atoms with Crippen LogP contribution in [0, 0.1) is 24.0 Å². The highest BCUT2D eigenvalue weighted by atomic mass is 79.9. The van der Waals surface area contributed by atoms with Crippen LogP contribution in [-0.4, -0.2) is 32.8 Å². The molecule has 10 nitrogen and oxygen atoms in total. The summed E-state index contributed by atoms with van der Waals surface area (Å²) in [6, 6.07) is 13.6. The standard InChI is InChI=1S/C21H18BrN5O5/c1-13-20(27(30)31)14(2)26(25-13)12-19(28)24-23-11-15-7-3-6-10-18(15)32-21(29)16-8-4-5-9-17(16)22/h3-11H,12H2,1-2H3,(H,24,28)/b23-11-. The number of hydrogen-bond donors (Lipinski definition) is 1. The number of nitrogens with one attached hydrogen (secondary N) is 1. The van der Waals surface area contributed by atoms with Gasteiger partial charge in [0.05, 0.1) is 16.7 Å². The van der Waals surface area contributed by atoms with Crippen LogP contribution in [0.15, 0.2) is 58.1 Å². The summed E-state index contributed by atoms with van der Waals surface area (Å²) in [6.07, 6.45) is 1.34. The van der Waals surface area contributed by atoms with Gasteiger partial charge >= 0.3 is 11.7 Å². The van der Waals surface area contributed by atoms with E-state index in [1.165, 1.54) is 24.7 Å². The Morgan fingerprint density at radius 3 is 2.59 bits per heavy atom. The zero-order chi connectivity index (χ0) is 23.3. The lowest BCUT2D eigenvalue weighted by Gasteiger charge is -2.08. The molecule has 0 spiro atoms. The van der Waals surface area contributed by atoms with Gasteiger partial charge in [0.15, 0.2) is 0 Å². The Balaban J connectivity index is 1.67. The van der Waals surface area contributed by atoms with E-state index in [1.807, 2.05) is 0 Å². The maximum Gasteiger partial charge on any atom is 0.344 e. The molecule has 0 fully saturated rings. The molecular formula is C21H18BrN5O5. The van der Waals surface area contributed by atoms with Crippen molar-refractivity contribution in [1.29, 1.82) is 0 Å². The van der Waals surface area contributed by atoms with E-state index < -0.39 is 16.8 Å². The molecule has 0 saturated heterocycles. The number of halogens is 1. The van der Waals surface area contributed by atoms with Crippen LogP contribution in [0.4, 0.5) is 5.69 Å². The molecule has 0 radical (unpaired) electrons. The molecule has 0 saturated carbocycles. The maximum absolute atomic E-state index is 12.5. The van der Waals surface area contributed by atoms with E-state index in [9.17, 15) is 19.7 Å². The average molecular weight is 500 g/mol. The van der Waals surface area contributed by atoms with Crippen LogP contribution >= 0.6 is 15.9 Å². The van der Waals surface area contributed by atoms with Crippen molar-refractivity contribution < 1.29 is 19.2 Å². The van der Waals surface area contributed by atoms with E-state index in [2.05, 4.69) is 31.6 Å². The molecule has 1 amide bonds. The molecule has 0 aliphatic carbocycles. The highest BCUT2D eigenvalue weighted by Gasteiger charge is 2.22. The van der Waals surface area contributed by atoms with E-state index >= 15 is 0 Å². The first-order valence-corrected chi connectivity index (χ1v) is 10.1. The largest absolute Gasteiger partial charge is 0.422 e. The van der Waals surface area contributed by atoms with Gasteiger partial charge in [-0.25, -0.2) is 10.2 Å². The monoisotopic (exact) mass is 499 g/mol. The Morgan fingerprint density at radius 1 is 1.22 bits per heavy atom. The van der Waals surface area contributed by atoms with Crippen molar-refractivity contribution in [2.45, 2.75) is 20.4 Å². The number of carbonyl (C=O) groups is 2. The summed E-state index contributed by atoms with van der Waals surface area (Å²) in [5, 5.41) is 19.0. The number of amides is 1. The van der Waals surface area contributed by atoms with Crippen LogP contribution in [0.3, 0.4) is 0 Å². The van der Waals surface area contributed by atoms with Crippen LogP contribution in [0.2, 0.25) is 0 Å². The number of esters is 1. The van der Waals surface area contributed by atoms with Gasteiger partial charge in [0, 0.05) is 10.0 Å². The topological polar surface area (TPSA) is 129 Å². The van der Waals surface area contributed by atoms with Gasteiger partial charge in [0.25, 0.3) is 5.91 Å². The van der Waals surface area contributed by atoms with Gasteiger partial charge in [-0.3, -0.25) is 19.6 Å². The summed E-state index contributed by atoms with van der Waals surface area (Å²) in [6.45, 7) is 2.78. The zero-order valence-corrected chi connectivity index (χ0v) is 18.7. The lowest BCUT2D eigenvalue weighted by molar-refractivity contribution is -0.386. The van der Waals surface area contributed by atoms with Gasteiger partial charge in [0.1, 0.15) is 23.7 Å². The van der Waals surface area contributed by atoms with Gasteiger partial charge in [-0.1, -0.05) is 24.3 Å². The van der Waals surface area contributed by atoms with Gasteiger partial charge in [-0.05, 0) is 54.0 Å². The summed E-state index contributed by atoms with van der Waals surface area (Å²) in [5.74, 6) is -0.807. The summed E-state index contributed by atoms with van der Waals surface area (Å²) in [7, 11) is 0. The first kappa shape index (κ1) is 22.8. The number of aryl methyl sites for hydroxylation is 1. The highest BCUT2D eigenvalue weighted by Crippen LogP contribution is 2.22. The molecule has 3 aromatic rings. The normalized spacial score (nSPS) is 10.8. The van der Waals surface area contributed by atoms with Crippen LogP contribution in [-0.2, 0) is 11.3 Å². The van der Waals surface area contributed by atoms with Crippen LogP contribution < -0.4 is 10.2 Å². The first-order chi connectivity index (χ1) is 15.3. The summed E-state index contributed by atoms with van der Waals surface area (Å²) < 4.78 is 7.32. The molecule has 1 N–H and O–H groups in total. The van der Waals surface area contributed by atoms with Gasteiger partial charge in [-0.2, -0.15) is 10.2 Å². The van der Waals surface area contributed by atoms with Crippen molar-refractivity contribution in [2.75, 3.05) is 0 Å². The Bertz CT molecular complexity index is 1220. The third kappa shape index (κ3) is 5.24. The Labute approximate surface area is 191 Å². The second-order valence-electron chi connectivity index (χ2n) is 6.63. The van der Waals surface area contributed by atoms with Crippen LogP contribution in [0.25, 0.3) is 0 Å². The number of nitro groups is 1. The molecule has 0 aliphatic rings. The summed E-state index contributed by atoms with van der Waals surface area (Å²) in [4.78, 5) is 35.2. The SMILES string of the molecule is Cc1nn(CC(=O)N/N=C\c2ccccc2OC(=O)c2ccccc2Br)c(C)c1[N+](=O)[O-]. The van der Waals surface area contributed by atoms with E-state index in [1.54, 1.807) is 48.5 Å². The van der Waals surface area contributed by atoms with Crippen LogP contribution in [0.1, 0.15) is 27.3 Å². The van der Waals surface area contributed by atoms with Crippen molar-refractivity contribution >= 4 is 39.7 Å². The van der Waals surface area contributed by atoms with Crippen molar-refractivity contribution in [3.8, 4) is 5.75 Å². The molecule has 164 valence electrons. The molecule has 11 heteroatoms. The molecule has 3 rings (SSSR count). The van der Waals surface area contributed by atoms with E-state index in [4.69, 9.17) is 4.74 Å². The molecule has 0 aliphatic heterocycles. The van der Waals surface area contributed by atoms with Crippen molar-refractivity contribution in [1.82, 2.24) is 15.2 Å². The predicted molar refractivity (Wildman–Crippen MR) is 120 cm³/mol. The number of hydrogen-bond acceptors (Lipinski definition) is 7. The molecule has 0 unspecified atom stereocenters. The molecule has 1 aromatic heterocycles. The Kier molecular flexibility index (Phi) is 7.11. The third-order valence-corrected chi connectivity index (χ3v) is 5.12. The highest BCUT2D eigenvalue weighted by molar-refractivity contribution is 9.10. The van der Waals surface area contributed by atoms with Crippen molar-refractivity contribution in [3.05, 3.63) is 85.6 Å². The van der Waals surface area contributed by atoms with Crippen LogP contribution in [0.5, 0.6) is 5.75 Å². The molecule has 1 heterocycles. The van der Waals surface area contributed by atoms with E-state index in [0.29, 0.717) is 15.6 Å². The number of rotatable bonds is 7. The fourth-order valence-electron chi connectivity index (χ4n) is 2.91. The maximum atomic E-state index is 12.5. The molecule has 0 atom stereocenters. The number of para-hydroxylation sites is 1. The third-order valence-electron chi connectivity index (χ3n) is 4.43. The molecule has 32 heavy (non-hydrogen) atoms. The number of hydrazone groups is 1. The minimum atomic E-state index is -0.548. The number of carbonyl (C=O) groups excluding carboxylic acids is 2. The van der Waals surface area contributed by atoms with Gasteiger partial charge < -0.3 is 4.74 Å². The second kappa shape index (κ2) is 9.96. The fourth-order valence-corrected chi connectivity index (χ4v) is 3.36. The second-order valence-corrected chi connectivity index (χ2v) is 7.49. The van der Waals surface area contributed by atoms with Gasteiger partial charge in [0.2, 0.25) is 0 Å². The number of ether oxygens (including phenoxy) is 1. The Hall–Kier alpha value is -3.86. The minimum absolute atomic E-state index is 0.123. The smallest absolute Gasteiger partial charge is 0.344 e. The molecular weight excluding hydrogens is 482 g/mol. The predicted octanol–water partition coefficient (Wildman–Crippen LogP) is 3.54. The van der Waals surface area contributed by atoms with Gasteiger partial charge in [-0.15, -0.1) is 0 Å². The Morgan fingerprint density at radius 2 is 1.91 bits per heavy atom. The number of aromatic nitrogens is 2. The minimum Gasteiger partial charge on any atom is -0.422 e. The summed E-state index contributed by atoms with van der Waals surface area (Å²) in [5.41, 5.74) is 3.55. The lowest BCUT2D eigenvalue weighted by Crippen LogP contribution is -2.24. The van der Waals surface area contributed by atoms with E-state index in [0.717, 1.165) is 0 Å².